The second kappa shape index (κ2) is 3.94. The van der Waals surface area contributed by atoms with Crippen molar-refractivity contribution in [1.29, 1.82) is 0 Å². The van der Waals surface area contributed by atoms with E-state index in [-0.39, 0.29) is 6.61 Å². The van der Waals surface area contributed by atoms with E-state index in [1.54, 1.807) is 37.3 Å². The van der Waals surface area contributed by atoms with Crippen LogP contribution in [0.3, 0.4) is 0 Å². The third-order valence-corrected chi connectivity index (χ3v) is 4.66. The predicted octanol–water partition coefficient (Wildman–Crippen LogP) is 0.292. The third-order valence-electron chi connectivity index (χ3n) is 1.39. The summed E-state index contributed by atoms with van der Waals surface area (Å²) in [6.07, 6.45) is 0. The maximum absolute atomic E-state index is 11.4. The molecule has 0 heterocycles. The van der Waals surface area contributed by atoms with Gasteiger partial charge in [0.2, 0.25) is 0 Å². The molecule has 0 bridgehead atoms. The Morgan fingerprint density at radius 2 is 2.00 bits per heavy atom. The topological polar surface area (TPSA) is 46.5 Å². The average Bonchev–Trinajstić information content (AvgIpc) is 2.06. The van der Waals surface area contributed by atoms with E-state index >= 15 is 0 Å². The van der Waals surface area contributed by atoms with Gasteiger partial charge < -0.3 is 0 Å². The molecule has 0 radical (unpaired) electrons. The van der Waals surface area contributed by atoms with E-state index in [1.807, 2.05) is 0 Å². The van der Waals surface area contributed by atoms with Crippen molar-refractivity contribution < 1.29 is 11.6 Å². The molecule has 1 N–H and O–H groups in total. The fraction of sp³-hybridized carbons (Fsp3) is 0.250. The Bertz CT molecular complexity index is 284. The summed E-state index contributed by atoms with van der Waals surface area (Å²) in [5, 5.41) is 0. The van der Waals surface area contributed by atoms with Gasteiger partial charge in [-0.15, -0.1) is 0 Å². The van der Waals surface area contributed by atoms with Gasteiger partial charge >= 0.3 is 73.9 Å². The van der Waals surface area contributed by atoms with Crippen LogP contribution >= 0.6 is 0 Å². The molecule has 66 valence electrons. The van der Waals surface area contributed by atoms with Gasteiger partial charge in [-0.2, -0.15) is 0 Å². The van der Waals surface area contributed by atoms with Crippen molar-refractivity contribution in [3.63, 3.8) is 0 Å². The van der Waals surface area contributed by atoms with E-state index in [4.69, 9.17) is 3.73 Å². The van der Waals surface area contributed by atoms with Gasteiger partial charge in [0.15, 0.2) is 0 Å². The van der Waals surface area contributed by atoms with Crippen LogP contribution < -0.4 is 4.35 Å². The summed E-state index contributed by atoms with van der Waals surface area (Å²) in [5.74, 6) is 0. The van der Waals surface area contributed by atoms with Gasteiger partial charge in [-0.3, -0.25) is 0 Å². The van der Waals surface area contributed by atoms with Crippen LogP contribution in [0.25, 0.3) is 0 Å². The molecule has 0 saturated heterocycles. The minimum absolute atomic E-state index is 0.266. The molecule has 0 aliphatic rings. The Morgan fingerprint density at radius 1 is 1.42 bits per heavy atom. The van der Waals surface area contributed by atoms with E-state index < -0.39 is 14.2 Å². The third kappa shape index (κ3) is 2.24. The molecule has 4 heteroatoms. The van der Waals surface area contributed by atoms with Gasteiger partial charge in [0, 0.05) is 0 Å². The molecule has 0 aliphatic carbocycles. The first kappa shape index (κ1) is 9.59. The number of rotatable bonds is 3. The molecule has 0 spiro atoms. The first-order valence-corrected chi connectivity index (χ1v) is 7.00. The zero-order valence-corrected chi connectivity index (χ0v) is 8.68. The molecule has 1 aromatic rings. The Labute approximate surface area is 74.4 Å². The van der Waals surface area contributed by atoms with Crippen molar-refractivity contribution >= 4 is 18.5 Å². The monoisotopic (exact) mass is 230 g/mol. The summed E-state index contributed by atoms with van der Waals surface area (Å²) < 4.78 is 26.0. The summed E-state index contributed by atoms with van der Waals surface area (Å²) in [5.41, 5.74) is 0. The summed E-state index contributed by atoms with van der Waals surface area (Å²) in [7, 11) is 0. The van der Waals surface area contributed by atoms with Crippen molar-refractivity contribution in [2.24, 2.45) is 0 Å². The van der Waals surface area contributed by atoms with Crippen molar-refractivity contribution in [1.82, 2.24) is 0 Å². The number of hydrogen-bond acceptors (Lipinski definition) is 2. The maximum atomic E-state index is 11.4. The Morgan fingerprint density at radius 3 is 2.50 bits per heavy atom. The van der Waals surface area contributed by atoms with Gasteiger partial charge in [-0.25, -0.2) is 0 Å². The molecule has 1 unspecified atom stereocenters. The van der Waals surface area contributed by atoms with Crippen molar-refractivity contribution in [3.8, 4) is 0 Å². The zero-order chi connectivity index (χ0) is 9.03. The van der Waals surface area contributed by atoms with Crippen LogP contribution in [0.2, 0.25) is 0 Å². The molecule has 0 saturated carbocycles. The summed E-state index contributed by atoms with van der Waals surface area (Å²) in [4.78, 5) is 0. The van der Waals surface area contributed by atoms with Crippen LogP contribution in [0.15, 0.2) is 30.3 Å². The molecule has 1 rings (SSSR count). The van der Waals surface area contributed by atoms with Crippen LogP contribution in [0.5, 0.6) is 0 Å². The van der Waals surface area contributed by atoms with Crippen LogP contribution in [-0.2, 0) is 7.47 Å². The molecular weight excluding hydrogens is 219 g/mol. The fourth-order valence-electron chi connectivity index (χ4n) is 0.866. The number of benzene rings is 1. The first-order valence-electron chi connectivity index (χ1n) is 3.70. The molecule has 12 heavy (non-hydrogen) atoms. The van der Waals surface area contributed by atoms with Gasteiger partial charge in [0.25, 0.3) is 0 Å². The molecule has 3 nitrogen and oxygen atoms in total. The van der Waals surface area contributed by atoms with E-state index in [9.17, 15) is 7.84 Å². The second-order valence-electron chi connectivity index (χ2n) is 2.27. The van der Waals surface area contributed by atoms with E-state index in [2.05, 4.69) is 0 Å². The van der Waals surface area contributed by atoms with E-state index in [0.29, 0.717) is 4.35 Å². The zero-order valence-electron chi connectivity index (χ0n) is 6.80. The van der Waals surface area contributed by atoms with Gasteiger partial charge in [-0.1, -0.05) is 0 Å². The molecule has 1 atom stereocenters. The summed E-state index contributed by atoms with van der Waals surface area (Å²) in [6, 6.07) is 8.45. The van der Waals surface area contributed by atoms with Gasteiger partial charge in [-0.05, 0) is 0 Å². The predicted molar refractivity (Wildman–Crippen MR) is 46.4 cm³/mol. The van der Waals surface area contributed by atoms with Crippen molar-refractivity contribution in [2.75, 3.05) is 6.61 Å². The van der Waals surface area contributed by atoms with Crippen LogP contribution in [0.4, 0.5) is 0 Å². The summed E-state index contributed by atoms with van der Waals surface area (Å²) in [6.45, 7) is 1.97. The van der Waals surface area contributed by atoms with Crippen LogP contribution in [0, 0.1) is 0 Å². The first-order chi connectivity index (χ1) is 5.67. The van der Waals surface area contributed by atoms with E-state index in [1.165, 1.54) is 0 Å². The normalized spacial score (nSPS) is 15.5. The molecular formula is C8H11AsO3. The van der Waals surface area contributed by atoms with E-state index in [0.717, 1.165) is 0 Å². The van der Waals surface area contributed by atoms with Gasteiger partial charge in [0.05, 0.1) is 0 Å². The van der Waals surface area contributed by atoms with Crippen LogP contribution in [-0.4, -0.2) is 24.9 Å². The molecule has 1 aromatic carbocycles. The Hall–Kier alpha value is -0.502. The quantitative estimate of drug-likeness (QED) is 0.759. The SMILES string of the molecule is CCO[As](=O)(O)c1ccccc1. The fourth-order valence-corrected chi connectivity index (χ4v) is 3.06. The second-order valence-corrected chi connectivity index (χ2v) is 6.08. The molecule has 0 amide bonds. The Balaban J connectivity index is 2.90. The molecule has 0 fully saturated rings. The van der Waals surface area contributed by atoms with Crippen molar-refractivity contribution in [3.05, 3.63) is 30.3 Å². The standard InChI is InChI=1S/C8H11AsO3/c1-2-12-9(10,11)8-6-4-3-5-7-8/h3-7H,2H2,1H3,(H,10,11). The minimum atomic E-state index is -4.17. The van der Waals surface area contributed by atoms with Gasteiger partial charge in [0.1, 0.15) is 0 Å². The van der Waals surface area contributed by atoms with Crippen molar-refractivity contribution in [2.45, 2.75) is 6.92 Å². The van der Waals surface area contributed by atoms with Crippen LogP contribution in [0.1, 0.15) is 6.92 Å². The number of hydrogen-bond donors (Lipinski definition) is 1. The molecule has 0 aliphatic heterocycles. The Kier molecular flexibility index (Phi) is 3.15. The average molecular weight is 230 g/mol. The molecule has 0 aromatic heterocycles. The summed E-state index contributed by atoms with van der Waals surface area (Å²) >= 11 is -4.17.